The molecule has 23 heavy (non-hydrogen) atoms. The summed E-state index contributed by atoms with van der Waals surface area (Å²) in [6.45, 7) is 4.24. The van der Waals surface area contributed by atoms with E-state index in [1.54, 1.807) is 7.11 Å². The summed E-state index contributed by atoms with van der Waals surface area (Å²) >= 11 is 0. The lowest BCUT2D eigenvalue weighted by atomic mass is 9.92. The minimum atomic E-state index is 0.230. The molecular weight excluding hydrogens is 288 g/mol. The van der Waals surface area contributed by atoms with Gasteiger partial charge in [-0.3, -0.25) is 4.90 Å². The normalized spacial score (nSPS) is 17.7. The third-order valence-corrected chi connectivity index (χ3v) is 4.77. The maximum absolute atomic E-state index is 9.94. The molecule has 0 aromatic heterocycles. The van der Waals surface area contributed by atoms with Crippen LogP contribution >= 0.6 is 0 Å². The van der Waals surface area contributed by atoms with Gasteiger partial charge in [-0.15, -0.1) is 0 Å². The summed E-state index contributed by atoms with van der Waals surface area (Å²) in [6, 6.07) is 12.3. The van der Waals surface area contributed by atoms with E-state index < -0.39 is 0 Å². The van der Waals surface area contributed by atoms with E-state index in [-0.39, 0.29) is 5.75 Å². The molecule has 0 saturated heterocycles. The molecule has 0 spiro atoms. The molecule has 4 nitrogen and oxygen atoms in total. The summed E-state index contributed by atoms with van der Waals surface area (Å²) in [7, 11) is 1.59. The van der Waals surface area contributed by atoms with Crippen molar-refractivity contribution in [3.05, 3.63) is 53.1 Å². The Kier molecular flexibility index (Phi) is 4.44. The molecule has 1 unspecified atom stereocenters. The van der Waals surface area contributed by atoms with Crippen LogP contribution in [0.4, 0.5) is 5.69 Å². The molecule has 4 heteroatoms. The lowest BCUT2D eigenvalue weighted by molar-refractivity contribution is 0.200. The number of fused-ring (bicyclic) bond motifs is 1. The van der Waals surface area contributed by atoms with Crippen LogP contribution in [-0.2, 0) is 12.8 Å². The van der Waals surface area contributed by atoms with Crippen molar-refractivity contribution in [2.24, 2.45) is 0 Å². The van der Waals surface area contributed by atoms with E-state index in [4.69, 9.17) is 10.5 Å². The molecule has 0 radical (unpaired) electrons. The number of phenols is 1. The minimum absolute atomic E-state index is 0.230. The number of nitrogens with zero attached hydrogens (tertiary/aromatic N) is 1. The minimum Gasteiger partial charge on any atom is -0.504 e. The van der Waals surface area contributed by atoms with E-state index >= 15 is 0 Å². The van der Waals surface area contributed by atoms with Crippen molar-refractivity contribution in [2.75, 3.05) is 25.9 Å². The fourth-order valence-electron chi connectivity index (χ4n) is 3.31. The number of methoxy groups -OCH3 is 1. The van der Waals surface area contributed by atoms with E-state index in [9.17, 15) is 5.11 Å². The van der Waals surface area contributed by atoms with Crippen molar-refractivity contribution >= 4 is 5.69 Å². The molecule has 1 aliphatic heterocycles. The largest absolute Gasteiger partial charge is 0.504 e. The van der Waals surface area contributed by atoms with Crippen molar-refractivity contribution in [3.63, 3.8) is 0 Å². The molecule has 1 aliphatic rings. The number of benzene rings is 2. The van der Waals surface area contributed by atoms with Gasteiger partial charge in [0.1, 0.15) is 0 Å². The van der Waals surface area contributed by atoms with Crippen LogP contribution in [0.2, 0.25) is 0 Å². The van der Waals surface area contributed by atoms with Gasteiger partial charge in [0.05, 0.1) is 7.11 Å². The molecule has 3 rings (SSSR count). The first kappa shape index (κ1) is 15.7. The van der Waals surface area contributed by atoms with Crippen LogP contribution < -0.4 is 10.5 Å². The second kappa shape index (κ2) is 6.50. The highest BCUT2D eigenvalue weighted by Gasteiger charge is 2.25. The summed E-state index contributed by atoms with van der Waals surface area (Å²) in [5.74, 6) is 0.782. The van der Waals surface area contributed by atoms with Gasteiger partial charge >= 0.3 is 0 Å². The fourth-order valence-corrected chi connectivity index (χ4v) is 3.31. The Morgan fingerprint density at radius 1 is 1.26 bits per heavy atom. The second-order valence-corrected chi connectivity index (χ2v) is 6.18. The zero-order valence-electron chi connectivity index (χ0n) is 13.7. The van der Waals surface area contributed by atoms with Gasteiger partial charge in [-0.1, -0.05) is 12.1 Å². The Labute approximate surface area is 137 Å². The van der Waals surface area contributed by atoms with Gasteiger partial charge < -0.3 is 15.6 Å². The van der Waals surface area contributed by atoms with Gasteiger partial charge in [-0.2, -0.15) is 0 Å². The van der Waals surface area contributed by atoms with Crippen LogP contribution in [0.5, 0.6) is 11.5 Å². The van der Waals surface area contributed by atoms with Crippen LogP contribution in [0.3, 0.4) is 0 Å². The number of nitrogen functional groups attached to an aromatic ring is 1. The third-order valence-electron chi connectivity index (χ3n) is 4.77. The van der Waals surface area contributed by atoms with Gasteiger partial charge in [0.15, 0.2) is 11.5 Å². The standard InChI is InChI=1S/C19H24N2O2/c1-13-17-12-19(23-2)18(22)11-15(17)8-10-21(13)9-7-14-3-5-16(20)6-4-14/h3-6,11-13,22H,7-10,20H2,1-2H3. The first-order valence-corrected chi connectivity index (χ1v) is 8.06. The number of nitrogens with two attached hydrogens (primary N) is 1. The molecule has 0 amide bonds. The summed E-state index contributed by atoms with van der Waals surface area (Å²) in [5.41, 5.74) is 10.3. The molecular formula is C19H24N2O2. The zero-order valence-corrected chi connectivity index (χ0v) is 13.7. The monoisotopic (exact) mass is 312 g/mol. The molecule has 0 saturated carbocycles. The maximum atomic E-state index is 9.94. The fraction of sp³-hybridized carbons (Fsp3) is 0.368. The average molecular weight is 312 g/mol. The van der Waals surface area contributed by atoms with Crippen molar-refractivity contribution in [2.45, 2.75) is 25.8 Å². The van der Waals surface area contributed by atoms with Crippen LogP contribution in [0.15, 0.2) is 36.4 Å². The SMILES string of the molecule is COc1cc2c(cc1O)CCN(CCc1ccc(N)cc1)C2C. The molecule has 1 heterocycles. The summed E-state index contributed by atoms with van der Waals surface area (Å²) < 4.78 is 5.25. The first-order valence-electron chi connectivity index (χ1n) is 8.06. The highest BCUT2D eigenvalue weighted by molar-refractivity contribution is 5.48. The van der Waals surface area contributed by atoms with Crippen molar-refractivity contribution < 1.29 is 9.84 Å². The molecule has 0 bridgehead atoms. The summed E-state index contributed by atoms with van der Waals surface area (Å²) in [6.07, 6.45) is 1.97. The smallest absolute Gasteiger partial charge is 0.160 e. The number of aromatic hydroxyl groups is 1. The van der Waals surface area contributed by atoms with E-state index in [1.807, 2.05) is 24.3 Å². The van der Waals surface area contributed by atoms with E-state index in [1.165, 1.54) is 16.7 Å². The van der Waals surface area contributed by atoms with Crippen LogP contribution in [0, 0.1) is 0 Å². The third kappa shape index (κ3) is 3.27. The summed E-state index contributed by atoms with van der Waals surface area (Å²) in [5, 5.41) is 9.94. The zero-order chi connectivity index (χ0) is 16.4. The Morgan fingerprint density at radius 3 is 2.70 bits per heavy atom. The lowest BCUT2D eigenvalue weighted by Gasteiger charge is -2.35. The van der Waals surface area contributed by atoms with E-state index in [0.29, 0.717) is 11.8 Å². The summed E-state index contributed by atoms with van der Waals surface area (Å²) in [4.78, 5) is 2.48. The topological polar surface area (TPSA) is 58.7 Å². The number of ether oxygens (including phenoxy) is 1. The highest BCUT2D eigenvalue weighted by Crippen LogP contribution is 2.37. The Hall–Kier alpha value is -2.20. The van der Waals surface area contributed by atoms with Crippen molar-refractivity contribution in [1.82, 2.24) is 4.90 Å². The van der Waals surface area contributed by atoms with E-state index in [2.05, 4.69) is 24.0 Å². The Balaban J connectivity index is 1.72. The van der Waals surface area contributed by atoms with Gasteiger partial charge in [0, 0.05) is 24.8 Å². The molecule has 1 atom stereocenters. The molecule has 2 aromatic carbocycles. The second-order valence-electron chi connectivity index (χ2n) is 6.18. The number of hydrogen-bond acceptors (Lipinski definition) is 4. The number of phenolic OH excluding ortho intramolecular Hbond substituents is 1. The Morgan fingerprint density at radius 2 is 2.00 bits per heavy atom. The molecule has 0 fully saturated rings. The highest BCUT2D eigenvalue weighted by atomic mass is 16.5. The number of hydrogen-bond donors (Lipinski definition) is 2. The van der Waals surface area contributed by atoms with Crippen LogP contribution in [0.25, 0.3) is 0 Å². The van der Waals surface area contributed by atoms with Gasteiger partial charge in [-0.25, -0.2) is 0 Å². The first-order chi connectivity index (χ1) is 11.1. The van der Waals surface area contributed by atoms with Crippen molar-refractivity contribution in [1.29, 1.82) is 0 Å². The maximum Gasteiger partial charge on any atom is 0.160 e. The van der Waals surface area contributed by atoms with Crippen LogP contribution in [-0.4, -0.2) is 30.2 Å². The molecule has 0 aliphatic carbocycles. The molecule has 2 aromatic rings. The lowest BCUT2D eigenvalue weighted by Crippen LogP contribution is -2.35. The predicted octanol–water partition coefficient (Wildman–Crippen LogP) is 3.14. The molecule has 122 valence electrons. The van der Waals surface area contributed by atoms with E-state index in [0.717, 1.165) is 31.6 Å². The number of rotatable bonds is 4. The molecule has 3 N–H and O–H groups in total. The predicted molar refractivity (Wildman–Crippen MR) is 92.9 cm³/mol. The van der Waals surface area contributed by atoms with Crippen LogP contribution in [0.1, 0.15) is 29.7 Å². The number of anilines is 1. The van der Waals surface area contributed by atoms with Gasteiger partial charge in [0.2, 0.25) is 0 Å². The Bertz CT molecular complexity index is 683. The average Bonchev–Trinajstić information content (AvgIpc) is 2.55. The quantitative estimate of drug-likeness (QED) is 0.852. The van der Waals surface area contributed by atoms with Gasteiger partial charge in [-0.05, 0) is 60.7 Å². The van der Waals surface area contributed by atoms with Gasteiger partial charge in [0.25, 0.3) is 0 Å². The van der Waals surface area contributed by atoms with Crippen molar-refractivity contribution in [3.8, 4) is 11.5 Å².